The number of rotatable bonds is 2. The minimum absolute atomic E-state index is 0.938. The second kappa shape index (κ2) is 10.4. The van der Waals surface area contributed by atoms with Gasteiger partial charge >= 0.3 is 0 Å². The van der Waals surface area contributed by atoms with Crippen LogP contribution in [0.25, 0.3) is 109 Å². The van der Waals surface area contributed by atoms with E-state index in [-0.39, 0.29) is 0 Å². The highest BCUT2D eigenvalue weighted by molar-refractivity contribution is 6.26. The maximum absolute atomic E-state index is 5.11. The van der Waals surface area contributed by atoms with Crippen LogP contribution in [0.1, 0.15) is 0 Å². The van der Waals surface area contributed by atoms with Crippen LogP contribution >= 0.6 is 0 Å². The molecule has 0 aliphatic carbocycles. The minimum atomic E-state index is 0.938. The molecule has 11 aromatic rings. The van der Waals surface area contributed by atoms with Crippen molar-refractivity contribution >= 4 is 86.6 Å². The van der Waals surface area contributed by atoms with E-state index in [0.717, 1.165) is 32.7 Å². The zero-order valence-electron chi connectivity index (χ0n) is 27.1. The van der Waals surface area contributed by atoms with Crippen molar-refractivity contribution < 1.29 is 0 Å². The van der Waals surface area contributed by atoms with Crippen molar-refractivity contribution in [1.29, 1.82) is 0 Å². The highest BCUT2D eigenvalue weighted by Gasteiger charge is 2.15. The summed E-state index contributed by atoms with van der Waals surface area (Å²) in [6.07, 6.45) is 1.86. The maximum Gasteiger partial charge on any atom is 0.0978 e. The van der Waals surface area contributed by atoms with Crippen LogP contribution < -0.4 is 0 Å². The zero-order chi connectivity index (χ0) is 32.8. The summed E-state index contributed by atoms with van der Waals surface area (Å²) in [5, 5.41) is 16.1. The summed E-state index contributed by atoms with van der Waals surface area (Å²) < 4.78 is 0. The van der Waals surface area contributed by atoms with Gasteiger partial charge in [-0.15, -0.1) is 0 Å². The Morgan fingerprint density at radius 3 is 1.58 bits per heavy atom. The van der Waals surface area contributed by atoms with Crippen molar-refractivity contribution in [2.75, 3.05) is 0 Å². The fourth-order valence-corrected chi connectivity index (χ4v) is 8.22. The van der Waals surface area contributed by atoms with Gasteiger partial charge in [-0.3, -0.25) is 4.98 Å². The lowest BCUT2D eigenvalue weighted by Crippen LogP contribution is -1.91. The SMILES string of the molecule is c1cnc2c(c1)ccc1c(-c3ccc4cc5cc(-c6ccc7c8ccccc8c8ccccc8c7c6)ccc5cc4c3)c3ccccc3nc12. The van der Waals surface area contributed by atoms with Crippen molar-refractivity contribution in [3.8, 4) is 22.3 Å². The molecule has 0 bridgehead atoms. The molecule has 2 heterocycles. The highest BCUT2D eigenvalue weighted by atomic mass is 14.7. The van der Waals surface area contributed by atoms with E-state index in [9.17, 15) is 0 Å². The average Bonchev–Trinajstić information content (AvgIpc) is 3.18. The van der Waals surface area contributed by atoms with Gasteiger partial charge in [0.05, 0.1) is 16.6 Å². The van der Waals surface area contributed by atoms with Crippen molar-refractivity contribution in [2.45, 2.75) is 0 Å². The van der Waals surface area contributed by atoms with Crippen LogP contribution in [-0.2, 0) is 0 Å². The minimum Gasteiger partial charge on any atom is -0.254 e. The molecule has 0 fully saturated rings. The number of para-hydroxylation sites is 1. The van der Waals surface area contributed by atoms with Gasteiger partial charge in [-0.2, -0.15) is 0 Å². The molecule has 0 spiro atoms. The lowest BCUT2D eigenvalue weighted by molar-refractivity contribution is 1.40. The van der Waals surface area contributed by atoms with Crippen LogP contribution in [0.3, 0.4) is 0 Å². The van der Waals surface area contributed by atoms with E-state index in [1.54, 1.807) is 0 Å². The molecule has 2 aromatic heterocycles. The van der Waals surface area contributed by atoms with E-state index in [2.05, 4.69) is 158 Å². The number of hydrogen-bond acceptors (Lipinski definition) is 2. The molecule has 0 aliphatic heterocycles. The number of hydrogen-bond donors (Lipinski definition) is 0. The fraction of sp³-hybridized carbons (Fsp3) is 0. The Balaban J connectivity index is 1.07. The molecule has 0 saturated carbocycles. The molecule has 0 N–H and O–H groups in total. The molecule has 50 heavy (non-hydrogen) atoms. The summed E-state index contributed by atoms with van der Waals surface area (Å²) in [7, 11) is 0. The Labute approximate surface area is 287 Å². The van der Waals surface area contributed by atoms with E-state index in [1.807, 2.05) is 12.3 Å². The molecular formula is C48H28N2. The third kappa shape index (κ3) is 4.03. The molecule has 0 aliphatic rings. The Morgan fingerprint density at radius 1 is 0.300 bits per heavy atom. The van der Waals surface area contributed by atoms with Gasteiger partial charge in [0.2, 0.25) is 0 Å². The maximum atomic E-state index is 5.11. The van der Waals surface area contributed by atoms with Crippen molar-refractivity contribution in [3.05, 3.63) is 170 Å². The van der Waals surface area contributed by atoms with Crippen LogP contribution in [-0.4, -0.2) is 9.97 Å². The van der Waals surface area contributed by atoms with E-state index in [0.29, 0.717) is 0 Å². The monoisotopic (exact) mass is 632 g/mol. The molecular weight excluding hydrogens is 605 g/mol. The Morgan fingerprint density at radius 2 is 0.840 bits per heavy atom. The third-order valence-electron chi connectivity index (χ3n) is 10.6. The van der Waals surface area contributed by atoms with Crippen molar-refractivity contribution in [3.63, 3.8) is 0 Å². The van der Waals surface area contributed by atoms with Gasteiger partial charge in [-0.1, -0.05) is 121 Å². The summed E-state index contributed by atoms with van der Waals surface area (Å²) in [5.74, 6) is 0. The van der Waals surface area contributed by atoms with Crippen LogP contribution in [0.2, 0.25) is 0 Å². The van der Waals surface area contributed by atoms with Crippen LogP contribution in [0.5, 0.6) is 0 Å². The van der Waals surface area contributed by atoms with Gasteiger partial charge < -0.3 is 0 Å². The second-order valence-electron chi connectivity index (χ2n) is 13.4. The smallest absolute Gasteiger partial charge is 0.0978 e. The summed E-state index contributed by atoms with van der Waals surface area (Å²) in [6, 6.07) is 59.8. The molecule has 9 aromatic carbocycles. The van der Waals surface area contributed by atoms with E-state index < -0.39 is 0 Å². The van der Waals surface area contributed by atoms with Gasteiger partial charge in [-0.25, -0.2) is 4.98 Å². The Bertz CT molecular complexity index is 3180. The molecule has 11 rings (SSSR count). The van der Waals surface area contributed by atoms with Gasteiger partial charge in [0, 0.05) is 27.9 Å². The average molecular weight is 633 g/mol. The van der Waals surface area contributed by atoms with Gasteiger partial charge in [0.1, 0.15) is 0 Å². The first-order valence-corrected chi connectivity index (χ1v) is 17.1. The second-order valence-corrected chi connectivity index (χ2v) is 13.4. The summed E-state index contributed by atoms with van der Waals surface area (Å²) in [4.78, 5) is 9.85. The third-order valence-corrected chi connectivity index (χ3v) is 10.6. The first kappa shape index (κ1) is 27.3. The predicted molar refractivity (Wildman–Crippen MR) is 213 cm³/mol. The van der Waals surface area contributed by atoms with Crippen LogP contribution in [0.15, 0.2) is 170 Å². The van der Waals surface area contributed by atoms with Crippen LogP contribution in [0, 0.1) is 0 Å². The van der Waals surface area contributed by atoms with Crippen LogP contribution in [0.4, 0.5) is 0 Å². The molecule has 0 unspecified atom stereocenters. The Kier molecular flexibility index (Phi) is 5.70. The number of benzene rings is 9. The first-order chi connectivity index (χ1) is 24.8. The molecule has 0 amide bonds. The highest BCUT2D eigenvalue weighted by Crippen LogP contribution is 2.40. The molecule has 0 radical (unpaired) electrons. The quantitative estimate of drug-likeness (QED) is 0.140. The van der Waals surface area contributed by atoms with E-state index >= 15 is 0 Å². The zero-order valence-corrected chi connectivity index (χ0v) is 27.1. The van der Waals surface area contributed by atoms with Gasteiger partial charge in [0.25, 0.3) is 0 Å². The van der Waals surface area contributed by atoms with Gasteiger partial charge in [0.15, 0.2) is 0 Å². The predicted octanol–water partition coefficient (Wildman–Crippen LogP) is 13.0. The molecule has 2 nitrogen and oxygen atoms in total. The summed E-state index contributed by atoms with van der Waals surface area (Å²) in [5.41, 5.74) is 7.70. The molecule has 0 saturated heterocycles. The van der Waals surface area contributed by atoms with E-state index in [1.165, 1.54) is 76.1 Å². The summed E-state index contributed by atoms with van der Waals surface area (Å²) >= 11 is 0. The lowest BCUT2D eigenvalue weighted by atomic mass is 9.91. The molecule has 230 valence electrons. The largest absolute Gasteiger partial charge is 0.254 e. The number of aromatic nitrogens is 2. The first-order valence-electron chi connectivity index (χ1n) is 17.1. The van der Waals surface area contributed by atoms with Gasteiger partial charge in [-0.05, 0) is 113 Å². The topological polar surface area (TPSA) is 25.8 Å². The molecule has 0 atom stereocenters. The standard InChI is InChI=1S/C48H28N2/c1-2-11-39-37(9-1)38-10-3-4-12-40(38)44-28-33(20-21-41(39)44)30-15-16-31-26-36-27-34(18-17-32(36)25-35(31)24-30)46-42-13-5-6-14-45(42)50-48-43(46)22-19-29-8-7-23-49-47(29)48/h1-28H. The Hall–Kier alpha value is -6.64. The fourth-order valence-electron chi connectivity index (χ4n) is 8.22. The summed E-state index contributed by atoms with van der Waals surface area (Å²) in [6.45, 7) is 0. The van der Waals surface area contributed by atoms with E-state index in [4.69, 9.17) is 9.97 Å². The van der Waals surface area contributed by atoms with Crippen molar-refractivity contribution in [1.82, 2.24) is 9.97 Å². The number of nitrogens with zero attached hydrogens (tertiary/aromatic N) is 2. The number of pyridine rings is 2. The normalized spacial score (nSPS) is 12.0. The lowest BCUT2D eigenvalue weighted by Gasteiger charge is -2.14. The number of fused-ring (bicyclic) bond motifs is 12. The van der Waals surface area contributed by atoms with Crippen molar-refractivity contribution in [2.24, 2.45) is 0 Å². The molecule has 2 heteroatoms.